The van der Waals surface area contributed by atoms with Crippen molar-refractivity contribution in [1.82, 2.24) is 4.90 Å². The maximum absolute atomic E-state index is 12.9. The molecule has 1 aliphatic rings. The first kappa shape index (κ1) is 22.0. The van der Waals surface area contributed by atoms with Crippen LogP contribution in [0.1, 0.15) is 36.9 Å². The molecule has 0 saturated carbocycles. The Morgan fingerprint density at radius 2 is 1.87 bits per heavy atom. The summed E-state index contributed by atoms with van der Waals surface area (Å²) < 4.78 is 5.12. The third kappa shape index (κ3) is 3.98. The lowest BCUT2D eigenvalue weighted by atomic mass is 9.95. The minimum Gasteiger partial charge on any atom is -0.507 e. The highest BCUT2D eigenvalue weighted by Gasteiger charge is 2.45. The van der Waals surface area contributed by atoms with Gasteiger partial charge in [-0.3, -0.25) is 9.59 Å². The van der Waals surface area contributed by atoms with E-state index in [1.807, 2.05) is 6.92 Å². The van der Waals surface area contributed by atoms with Gasteiger partial charge >= 0.3 is 0 Å². The number of nitrogens with zero attached hydrogens (tertiary/aromatic N) is 1. The zero-order valence-electron chi connectivity index (χ0n) is 16.5. The van der Waals surface area contributed by atoms with Crippen LogP contribution in [0, 0.1) is 0 Å². The number of halogens is 2. The number of phenols is 1. The fourth-order valence-electron chi connectivity index (χ4n) is 3.45. The van der Waals surface area contributed by atoms with Crippen molar-refractivity contribution < 1.29 is 24.5 Å². The third-order valence-electron chi connectivity index (χ3n) is 5.01. The maximum Gasteiger partial charge on any atom is 0.295 e. The molecule has 2 aromatic rings. The number of ether oxygens (including phenoxy) is 1. The van der Waals surface area contributed by atoms with Crippen LogP contribution in [0.5, 0.6) is 11.5 Å². The second kappa shape index (κ2) is 8.98. The number of amides is 1. The Balaban J connectivity index is 2.19. The van der Waals surface area contributed by atoms with E-state index in [1.165, 1.54) is 30.2 Å². The zero-order chi connectivity index (χ0) is 22.0. The van der Waals surface area contributed by atoms with E-state index in [0.717, 1.165) is 6.42 Å². The normalized spacial score (nSPS) is 18.1. The summed E-state index contributed by atoms with van der Waals surface area (Å²) in [6.45, 7) is 2.31. The molecule has 158 valence electrons. The number of aliphatic hydroxyl groups is 1. The predicted molar refractivity (Wildman–Crippen MR) is 115 cm³/mol. The van der Waals surface area contributed by atoms with Crippen molar-refractivity contribution in [3.05, 3.63) is 63.1 Å². The van der Waals surface area contributed by atoms with Crippen LogP contribution in [-0.4, -0.2) is 40.5 Å². The average molecular weight is 450 g/mol. The molecule has 0 spiro atoms. The number of hydrogen-bond donors (Lipinski definition) is 2. The van der Waals surface area contributed by atoms with Crippen LogP contribution in [0.4, 0.5) is 0 Å². The molecule has 6 nitrogen and oxygen atoms in total. The second-order valence-corrected chi connectivity index (χ2v) is 7.72. The summed E-state index contributed by atoms with van der Waals surface area (Å²) >= 11 is 12.2. The molecule has 1 fully saturated rings. The number of carbonyl (C=O) groups excluding carboxylic acids is 2. The molecule has 2 aromatic carbocycles. The number of Topliss-reactive ketones (excluding diaryl/α,β-unsaturated/α-hetero) is 1. The molecular formula is C22H21Cl2NO5. The summed E-state index contributed by atoms with van der Waals surface area (Å²) in [5.41, 5.74) is 0.734. The van der Waals surface area contributed by atoms with Gasteiger partial charge < -0.3 is 19.8 Å². The van der Waals surface area contributed by atoms with Crippen molar-refractivity contribution in [3.63, 3.8) is 0 Å². The van der Waals surface area contributed by atoms with Crippen LogP contribution in [0.2, 0.25) is 10.0 Å². The van der Waals surface area contributed by atoms with Gasteiger partial charge in [-0.2, -0.15) is 0 Å². The first-order chi connectivity index (χ1) is 14.3. The molecule has 8 heteroatoms. The number of aliphatic hydroxyl groups excluding tert-OH is 1. The Kier molecular flexibility index (Phi) is 6.58. The summed E-state index contributed by atoms with van der Waals surface area (Å²) in [7, 11) is 1.47. The van der Waals surface area contributed by atoms with Crippen molar-refractivity contribution in [2.75, 3.05) is 13.7 Å². The molecule has 0 bridgehead atoms. The van der Waals surface area contributed by atoms with Crippen LogP contribution >= 0.6 is 23.2 Å². The molecular weight excluding hydrogens is 429 g/mol. The molecule has 3 rings (SSSR count). The fraction of sp³-hybridized carbons (Fsp3) is 0.273. The molecule has 0 radical (unpaired) electrons. The number of carbonyl (C=O) groups is 2. The summed E-state index contributed by atoms with van der Waals surface area (Å²) in [6.07, 6.45) is 1.50. The minimum atomic E-state index is -0.837. The van der Waals surface area contributed by atoms with Gasteiger partial charge in [0.05, 0.1) is 28.8 Å². The number of likely N-dealkylation sites (tertiary alicyclic amines) is 1. The topological polar surface area (TPSA) is 87.1 Å². The van der Waals surface area contributed by atoms with Crippen LogP contribution in [0.25, 0.3) is 5.76 Å². The summed E-state index contributed by atoms with van der Waals surface area (Å²) in [6, 6.07) is 8.21. The van der Waals surface area contributed by atoms with E-state index >= 15 is 0 Å². The van der Waals surface area contributed by atoms with Crippen LogP contribution in [0.15, 0.2) is 42.0 Å². The van der Waals surface area contributed by atoms with Gasteiger partial charge in [0.15, 0.2) is 0 Å². The van der Waals surface area contributed by atoms with Crippen molar-refractivity contribution in [2.24, 2.45) is 0 Å². The number of benzene rings is 2. The summed E-state index contributed by atoms with van der Waals surface area (Å²) in [4.78, 5) is 27.1. The lowest BCUT2D eigenvalue weighted by Crippen LogP contribution is -2.30. The summed E-state index contributed by atoms with van der Waals surface area (Å²) in [5, 5.41) is 21.1. The van der Waals surface area contributed by atoms with Gasteiger partial charge in [-0.15, -0.1) is 0 Å². The van der Waals surface area contributed by atoms with Gasteiger partial charge in [-0.1, -0.05) is 42.6 Å². The van der Waals surface area contributed by atoms with Gasteiger partial charge in [0.25, 0.3) is 11.7 Å². The highest BCUT2D eigenvalue weighted by atomic mass is 35.5. The monoisotopic (exact) mass is 449 g/mol. The molecule has 30 heavy (non-hydrogen) atoms. The standard InChI is InChI=1S/C22H21Cl2NO5/c1-3-4-9-25-19(12-5-7-16(26)14(23)10-12)18(21(28)22(25)29)20(27)13-6-8-17(30-2)15(24)11-13/h5-8,10-11,19,26-27H,3-4,9H2,1-2H3/b20-18-. The van der Waals surface area contributed by atoms with Gasteiger partial charge in [-0.25, -0.2) is 0 Å². The molecule has 0 aliphatic carbocycles. The second-order valence-electron chi connectivity index (χ2n) is 6.91. The van der Waals surface area contributed by atoms with E-state index < -0.39 is 17.7 Å². The molecule has 2 N–H and O–H groups in total. The Labute approximate surface area is 184 Å². The number of ketones is 1. The molecule has 0 aromatic heterocycles. The van der Waals surface area contributed by atoms with Crippen LogP contribution in [-0.2, 0) is 9.59 Å². The van der Waals surface area contributed by atoms with Crippen molar-refractivity contribution >= 4 is 40.7 Å². The van der Waals surface area contributed by atoms with Gasteiger partial charge in [0.2, 0.25) is 0 Å². The summed E-state index contributed by atoms with van der Waals surface area (Å²) in [5.74, 6) is -1.53. The smallest absolute Gasteiger partial charge is 0.295 e. The number of unbranched alkanes of at least 4 members (excludes halogenated alkanes) is 1. The molecule has 1 heterocycles. The van der Waals surface area contributed by atoms with E-state index in [0.29, 0.717) is 24.3 Å². The van der Waals surface area contributed by atoms with E-state index in [1.54, 1.807) is 18.2 Å². The van der Waals surface area contributed by atoms with Gasteiger partial charge in [0.1, 0.15) is 17.3 Å². The minimum absolute atomic E-state index is 0.0564. The van der Waals surface area contributed by atoms with Crippen LogP contribution < -0.4 is 4.74 Å². The van der Waals surface area contributed by atoms with Crippen molar-refractivity contribution in [2.45, 2.75) is 25.8 Å². The van der Waals surface area contributed by atoms with E-state index in [9.17, 15) is 19.8 Å². The quantitative estimate of drug-likeness (QED) is 0.370. The zero-order valence-corrected chi connectivity index (χ0v) is 18.0. The molecule has 1 atom stereocenters. The lowest BCUT2D eigenvalue weighted by Gasteiger charge is -2.25. The average Bonchev–Trinajstić information content (AvgIpc) is 2.98. The number of rotatable bonds is 6. The fourth-order valence-corrected chi connectivity index (χ4v) is 3.89. The van der Waals surface area contributed by atoms with Crippen molar-refractivity contribution in [1.29, 1.82) is 0 Å². The van der Waals surface area contributed by atoms with Crippen LogP contribution in [0.3, 0.4) is 0 Å². The number of aromatic hydroxyl groups is 1. The molecule has 1 amide bonds. The number of hydrogen-bond acceptors (Lipinski definition) is 5. The number of methoxy groups -OCH3 is 1. The van der Waals surface area contributed by atoms with Crippen molar-refractivity contribution in [3.8, 4) is 11.5 Å². The first-order valence-corrected chi connectivity index (χ1v) is 10.2. The Hall–Kier alpha value is -2.70. The highest BCUT2D eigenvalue weighted by Crippen LogP contribution is 2.41. The highest BCUT2D eigenvalue weighted by molar-refractivity contribution is 6.46. The first-order valence-electron chi connectivity index (χ1n) is 9.40. The lowest BCUT2D eigenvalue weighted by molar-refractivity contribution is -0.139. The predicted octanol–water partition coefficient (Wildman–Crippen LogP) is 4.93. The molecule has 1 saturated heterocycles. The molecule has 1 aliphatic heterocycles. The van der Waals surface area contributed by atoms with Gasteiger partial charge in [0, 0.05) is 12.1 Å². The molecule has 1 unspecified atom stereocenters. The van der Waals surface area contributed by atoms with E-state index in [-0.39, 0.29) is 32.7 Å². The Morgan fingerprint density at radius 1 is 1.13 bits per heavy atom. The van der Waals surface area contributed by atoms with E-state index in [2.05, 4.69) is 0 Å². The largest absolute Gasteiger partial charge is 0.507 e. The maximum atomic E-state index is 12.9. The van der Waals surface area contributed by atoms with Gasteiger partial charge in [-0.05, 0) is 42.3 Å². The number of phenolic OH excluding ortho intramolecular Hbond substituents is 1. The Bertz CT molecular complexity index is 1030. The third-order valence-corrected chi connectivity index (χ3v) is 5.60. The Morgan fingerprint density at radius 3 is 2.47 bits per heavy atom. The SMILES string of the molecule is CCCCN1C(=O)C(=O)/C(=C(\O)c2ccc(OC)c(Cl)c2)C1c1ccc(O)c(Cl)c1. The van der Waals surface area contributed by atoms with E-state index in [4.69, 9.17) is 27.9 Å².